The second-order valence-electron chi connectivity index (χ2n) is 22.0. The number of aryl methyl sites for hydroxylation is 3. The number of morpholine rings is 2. The Bertz CT molecular complexity index is 4290. The summed E-state index contributed by atoms with van der Waals surface area (Å²) in [5, 5.41) is 40.8. The molecular formula is C72H78FN11O9. The molecule has 0 atom stereocenters. The van der Waals surface area contributed by atoms with Crippen LogP contribution < -0.4 is 30.5 Å². The zero-order valence-electron chi connectivity index (χ0n) is 53.9. The average molecular weight is 1260 g/mol. The third-order valence-corrected chi connectivity index (χ3v) is 15.8. The maximum atomic E-state index is 14.9. The second kappa shape index (κ2) is 31.5. The molecule has 21 heteroatoms. The number of rotatable bonds is 17. The number of nitriles is 3. The first-order chi connectivity index (χ1) is 45.2. The van der Waals surface area contributed by atoms with Crippen molar-refractivity contribution in [3.8, 4) is 57.7 Å². The number of halogens is 1. The maximum absolute atomic E-state index is 14.9. The summed E-state index contributed by atoms with van der Waals surface area (Å²) in [6.07, 6.45) is -0.822. The molecule has 2 saturated heterocycles. The standard InChI is InChI=1S/C25H28N4O3.C24H26N4O3.C23H24FN3O3/c1-3-12-32-25(30)27-19-7-5-6-18(15-19)24-22(17-26)21-16-20(28-10-13-31-14-11-28)8-9-23(21)29(24)4-2;1-3-28-22-9-8-19(27-10-12-30-13-11-27)15-20(22)21(16-25)23(28)17-6-5-7-18(14-17)26-24(29)31-4-2;1-5-27-21-12-16(30-14(3)4)8-9-17(21)19(13-25)22(27)18-11-15(7-10-20(18)24)26-23(28)29-6-2/h5-9,15-16H,3-4,10-14H2,1-2H3,(H,27,30);5-9,14-15H,3-4,10-13H2,1-2H3,(H,26,29);7-12,14H,5-6H2,1-4H3,(H,26,28). The molecule has 482 valence electrons. The lowest BCUT2D eigenvalue weighted by Crippen LogP contribution is -2.36. The number of hydrogen-bond donors (Lipinski definition) is 3. The topological polar surface area (TPSA) is 235 Å². The highest BCUT2D eigenvalue weighted by Crippen LogP contribution is 2.41. The maximum Gasteiger partial charge on any atom is 0.411 e. The fourth-order valence-corrected chi connectivity index (χ4v) is 11.8. The van der Waals surface area contributed by atoms with Crippen LogP contribution in [0.25, 0.3) is 66.5 Å². The molecule has 0 unspecified atom stereocenters. The van der Waals surface area contributed by atoms with Gasteiger partial charge in [-0.15, -0.1) is 0 Å². The van der Waals surface area contributed by atoms with Gasteiger partial charge in [0.15, 0.2) is 0 Å². The van der Waals surface area contributed by atoms with Crippen molar-refractivity contribution < 1.29 is 47.2 Å². The second-order valence-corrected chi connectivity index (χ2v) is 22.0. The Hall–Kier alpha value is -10.5. The van der Waals surface area contributed by atoms with Gasteiger partial charge in [-0.1, -0.05) is 31.2 Å². The van der Waals surface area contributed by atoms with Gasteiger partial charge in [0.25, 0.3) is 0 Å². The van der Waals surface area contributed by atoms with Gasteiger partial charge >= 0.3 is 18.3 Å². The van der Waals surface area contributed by atoms with Crippen LogP contribution in [0.3, 0.4) is 0 Å². The van der Waals surface area contributed by atoms with Crippen LogP contribution in [0.1, 0.15) is 78.5 Å². The van der Waals surface area contributed by atoms with Gasteiger partial charge in [0.05, 0.1) is 91.6 Å². The number of benzene rings is 6. The molecule has 5 heterocycles. The van der Waals surface area contributed by atoms with Crippen LogP contribution in [0.5, 0.6) is 5.75 Å². The summed E-state index contributed by atoms with van der Waals surface area (Å²) >= 11 is 0. The molecule has 20 nitrogen and oxygen atoms in total. The Morgan fingerprint density at radius 3 is 1.41 bits per heavy atom. The highest BCUT2D eigenvalue weighted by molar-refractivity contribution is 6.00. The van der Waals surface area contributed by atoms with Crippen LogP contribution in [0, 0.1) is 39.8 Å². The number of amides is 3. The van der Waals surface area contributed by atoms with E-state index < -0.39 is 24.1 Å². The largest absolute Gasteiger partial charge is 0.491 e. The van der Waals surface area contributed by atoms with E-state index in [1.54, 1.807) is 13.8 Å². The van der Waals surface area contributed by atoms with Gasteiger partial charge in [-0.2, -0.15) is 15.8 Å². The average Bonchev–Trinajstić information content (AvgIpc) is 1.63. The van der Waals surface area contributed by atoms with E-state index in [1.807, 2.05) is 99.0 Å². The van der Waals surface area contributed by atoms with Gasteiger partial charge in [-0.25, -0.2) is 18.8 Å². The Morgan fingerprint density at radius 1 is 0.516 bits per heavy atom. The van der Waals surface area contributed by atoms with Crippen molar-refractivity contribution in [2.24, 2.45) is 0 Å². The van der Waals surface area contributed by atoms with E-state index in [0.29, 0.717) is 96.8 Å². The predicted octanol–water partition coefficient (Wildman–Crippen LogP) is 15.3. The smallest absolute Gasteiger partial charge is 0.411 e. The zero-order valence-corrected chi connectivity index (χ0v) is 53.9. The van der Waals surface area contributed by atoms with E-state index in [2.05, 4.69) is 103 Å². The summed E-state index contributed by atoms with van der Waals surface area (Å²) in [5.74, 6) is 0.191. The van der Waals surface area contributed by atoms with Gasteiger partial charge in [-0.3, -0.25) is 16.0 Å². The highest BCUT2D eigenvalue weighted by Gasteiger charge is 2.25. The summed E-state index contributed by atoms with van der Waals surface area (Å²) in [6, 6.07) is 44.5. The number of hydrogen-bond acceptors (Lipinski definition) is 14. The fourth-order valence-electron chi connectivity index (χ4n) is 11.8. The third kappa shape index (κ3) is 15.3. The lowest BCUT2D eigenvalue weighted by molar-refractivity contribution is 0.122. The minimum absolute atomic E-state index is 0.00507. The molecule has 0 saturated carbocycles. The molecule has 3 amide bonds. The third-order valence-electron chi connectivity index (χ3n) is 15.8. The quantitative estimate of drug-likeness (QED) is 0.0720. The lowest BCUT2D eigenvalue weighted by Gasteiger charge is -2.28. The van der Waals surface area contributed by atoms with Gasteiger partial charge in [0.1, 0.15) is 29.8 Å². The van der Waals surface area contributed by atoms with Gasteiger partial charge in [0.2, 0.25) is 0 Å². The number of nitrogens with one attached hydrogen (secondary N) is 3. The number of anilines is 5. The van der Waals surface area contributed by atoms with E-state index >= 15 is 0 Å². The van der Waals surface area contributed by atoms with Crippen molar-refractivity contribution in [2.45, 2.75) is 87.5 Å². The summed E-state index contributed by atoms with van der Waals surface area (Å²) < 4.78 is 52.8. The highest BCUT2D eigenvalue weighted by atomic mass is 19.1. The van der Waals surface area contributed by atoms with Crippen LogP contribution in [-0.4, -0.2) is 111 Å². The molecule has 0 aliphatic carbocycles. The van der Waals surface area contributed by atoms with Crippen LogP contribution in [0.2, 0.25) is 0 Å². The van der Waals surface area contributed by atoms with Crippen molar-refractivity contribution in [1.29, 1.82) is 15.8 Å². The SMILES string of the molecule is CCCOC(=O)Nc1cccc(-c2c(C#N)c3cc(N4CCOCC4)ccc3n2CC)c1.CCOC(=O)Nc1ccc(F)c(-c2c(C#N)c3ccc(OC(C)C)cc3n2CC)c1.CCOC(=O)Nc1cccc(-c2c(C#N)c3cc(N4CCOCC4)ccc3n2CC)c1. The van der Waals surface area contributed by atoms with E-state index in [1.165, 1.54) is 18.2 Å². The summed E-state index contributed by atoms with van der Waals surface area (Å²) in [4.78, 5) is 40.2. The molecule has 2 fully saturated rings. The van der Waals surface area contributed by atoms with Crippen molar-refractivity contribution in [3.05, 3.63) is 144 Å². The van der Waals surface area contributed by atoms with E-state index in [0.717, 1.165) is 107 Å². The molecule has 2 aliphatic rings. The predicted molar refractivity (Wildman–Crippen MR) is 362 cm³/mol. The molecule has 0 bridgehead atoms. The Morgan fingerprint density at radius 2 is 0.968 bits per heavy atom. The van der Waals surface area contributed by atoms with Crippen molar-refractivity contribution in [1.82, 2.24) is 13.7 Å². The van der Waals surface area contributed by atoms with E-state index in [-0.39, 0.29) is 18.3 Å². The number of ether oxygens (including phenoxy) is 6. The minimum atomic E-state index is -0.623. The molecule has 3 N–H and O–H groups in total. The van der Waals surface area contributed by atoms with Gasteiger partial charge in [-0.05, 0) is 146 Å². The molecule has 93 heavy (non-hydrogen) atoms. The first-order valence-electron chi connectivity index (χ1n) is 31.5. The number of carbonyl (C=O) groups excluding carboxylic acids is 3. The number of carbonyl (C=O) groups is 3. The molecular weight excluding hydrogens is 1180 g/mol. The van der Waals surface area contributed by atoms with Crippen molar-refractivity contribution in [3.63, 3.8) is 0 Å². The first kappa shape index (κ1) is 66.9. The molecule has 9 aromatic rings. The number of fused-ring (bicyclic) bond motifs is 3. The number of aromatic nitrogens is 3. The van der Waals surface area contributed by atoms with Crippen molar-refractivity contribution in [2.75, 3.05) is 98.2 Å². The van der Waals surface area contributed by atoms with Crippen LogP contribution in [0.4, 0.5) is 47.2 Å². The Kier molecular flexibility index (Phi) is 22.6. The molecule has 2 aliphatic heterocycles. The molecule has 0 radical (unpaired) electrons. The summed E-state index contributed by atoms with van der Waals surface area (Å²) in [7, 11) is 0. The Labute approximate surface area is 541 Å². The molecule has 0 spiro atoms. The molecule has 6 aromatic carbocycles. The van der Waals surface area contributed by atoms with Crippen molar-refractivity contribution >= 4 is 79.4 Å². The summed E-state index contributed by atoms with van der Waals surface area (Å²) in [5.41, 5.74) is 12.5. The lowest BCUT2D eigenvalue weighted by atomic mass is 10.0. The van der Waals surface area contributed by atoms with E-state index in [4.69, 9.17) is 28.4 Å². The van der Waals surface area contributed by atoms with Crippen LogP contribution >= 0.6 is 0 Å². The normalized spacial score (nSPS) is 12.8. The molecule has 11 rings (SSSR count). The minimum Gasteiger partial charge on any atom is -0.491 e. The van der Waals surface area contributed by atoms with Gasteiger partial charge < -0.3 is 51.9 Å². The number of nitrogens with zero attached hydrogens (tertiary/aromatic N) is 8. The van der Waals surface area contributed by atoms with E-state index in [9.17, 15) is 34.6 Å². The van der Waals surface area contributed by atoms with Crippen LogP contribution in [-0.2, 0) is 43.3 Å². The molecule has 3 aromatic heterocycles. The summed E-state index contributed by atoms with van der Waals surface area (Å²) in [6.45, 7) is 24.5. The zero-order chi connectivity index (χ0) is 66.1. The Balaban J connectivity index is 0.000000165. The first-order valence-corrected chi connectivity index (χ1v) is 31.5. The monoisotopic (exact) mass is 1260 g/mol. The fraction of sp³-hybridized carbons (Fsp3) is 0.333. The van der Waals surface area contributed by atoms with Crippen LogP contribution in [0.15, 0.2) is 121 Å². The van der Waals surface area contributed by atoms with Gasteiger partial charge in [0, 0.05) is 124 Å².